The summed E-state index contributed by atoms with van der Waals surface area (Å²) in [7, 11) is 1.68. The van der Waals surface area contributed by atoms with Crippen LogP contribution < -0.4 is 20.7 Å². The molecule has 0 aliphatic carbocycles. The molecule has 1 saturated heterocycles. The number of anilines is 1. The summed E-state index contributed by atoms with van der Waals surface area (Å²) < 4.78 is 5.31. The van der Waals surface area contributed by atoms with Crippen LogP contribution in [0.4, 0.5) is 5.69 Å². The van der Waals surface area contributed by atoms with Gasteiger partial charge in [-0.1, -0.05) is 30.3 Å². The minimum Gasteiger partial charge on any atom is -0.497 e. The maximum Gasteiger partial charge on any atom is 0.246 e. The van der Waals surface area contributed by atoms with Crippen molar-refractivity contribution in [1.82, 2.24) is 15.5 Å². The van der Waals surface area contributed by atoms with Gasteiger partial charge in [0.25, 0.3) is 0 Å². The Morgan fingerprint density at radius 1 is 1.06 bits per heavy atom. The molecule has 1 aliphatic heterocycles. The van der Waals surface area contributed by atoms with Gasteiger partial charge in [0.15, 0.2) is 5.96 Å². The van der Waals surface area contributed by atoms with E-state index in [2.05, 4.69) is 38.0 Å². The number of carbonyl (C=O) groups excluding carboxylic acids is 1. The van der Waals surface area contributed by atoms with E-state index in [1.165, 1.54) is 18.4 Å². The third kappa shape index (κ3) is 7.00. The Balaban J connectivity index is 1.63. The van der Waals surface area contributed by atoms with Crippen LogP contribution in [0.5, 0.6) is 5.75 Å². The highest BCUT2D eigenvalue weighted by Crippen LogP contribution is 2.26. The summed E-state index contributed by atoms with van der Waals surface area (Å²) >= 11 is 0. The summed E-state index contributed by atoms with van der Waals surface area (Å²) in [6.45, 7) is 5.68. The van der Waals surface area contributed by atoms with E-state index >= 15 is 0 Å². The first-order valence-electron chi connectivity index (χ1n) is 10.9. The van der Waals surface area contributed by atoms with E-state index in [4.69, 9.17) is 4.74 Å². The van der Waals surface area contributed by atoms with Crippen LogP contribution in [0.15, 0.2) is 59.6 Å². The summed E-state index contributed by atoms with van der Waals surface area (Å²) in [5.74, 6) is 1.36. The molecule has 1 amide bonds. The second-order valence-electron chi connectivity index (χ2n) is 7.52. The van der Waals surface area contributed by atoms with Crippen LogP contribution in [0.1, 0.15) is 31.4 Å². The van der Waals surface area contributed by atoms with Crippen LogP contribution in [0.2, 0.25) is 0 Å². The van der Waals surface area contributed by atoms with Gasteiger partial charge in [-0.3, -0.25) is 9.69 Å². The number of carbonyl (C=O) groups is 1. The first-order valence-corrected chi connectivity index (χ1v) is 10.9. The van der Waals surface area contributed by atoms with Gasteiger partial charge in [0.1, 0.15) is 12.3 Å². The molecule has 1 unspecified atom stereocenters. The molecule has 0 saturated carbocycles. The van der Waals surface area contributed by atoms with Gasteiger partial charge in [-0.25, -0.2) is 4.99 Å². The summed E-state index contributed by atoms with van der Waals surface area (Å²) in [5.41, 5.74) is 2.02. The molecule has 0 aromatic heterocycles. The van der Waals surface area contributed by atoms with Crippen LogP contribution in [0.3, 0.4) is 0 Å². The van der Waals surface area contributed by atoms with E-state index in [1.54, 1.807) is 7.11 Å². The summed E-state index contributed by atoms with van der Waals surface area (Å²) in [5, 5.41) is 9.53. The van der Waals surface area contributed by atoms with Crippen molar-refractivity contribution in [2.45, 2.75) is 25.8 Å². The van der Waals surface area contributed by atoms with Crippen molar-refractivity contribution in [3.05, 3.63) is 60.2 Å². The molecule has 2 aromatic carbocycles. The number of nitrogens with one attached hydrogen (secondary N) is 3. The zero-order valence-corrected chi connectivity index (χ0v) is 18.4. The van der Waals surface area contributed by atoms with Gasteiger partial charge in [0.2, 0.25) is 5.91 Å². The van der Waals surface area contributed by atoms with E-state index in [0.29, 0.717) is 12.5 Å². The molecule has 1 fully saturated rings. The first-order chi connectivity index (χ1) is 15.2. The van der Waals surface area contributed by atoms with Gasteiger partial charge >= 0.3 is 0 Å². The van der Waals surface area contributed by atoms with E-state index in [0.717, 1.165) is 31.1 Å². The zero-order chi connectivity index (χ0) is 21.9. The average molecular weight is 424 g/mol. The molecule has 1 aliphatic rings. The molecule has 0 spiro atoms. The third-order valence-electron chi connectivity index (χ3n) is 5.33. The minimum absolute atomic E-state index is 0.0567. The number of aliphatic imine (C=N–C) groups is 1. The lowest BCUT2D eigenvalue weighted by Crippen LogP contribution is -2.43. The average Bonchev–Trinajstić information content (AvgIpc) is 3.33. The maximum absolute atomic E-state index is 12.3. The molecule has 0 radical (unpaired) electrons. The highest BCUT2D eigenvalue weighted by molar-refractivity contribution is 5.94. The number of amides is 1. The van der Waals surface area contributed by atoms with Crippen molar-refractivity contribution in [3.8, 4) is 5.75 Å². The summed E-state index contributed by atoms with van der Waals surface area (Å²) in [6, 6.07) is 17.9. The lowest BCUT2D eigenvalue weighted by Gasteiger charge is -2.29. The van der Waals surface area contributed by atoms with Crippen LogP contribution in [-0.4, -0.2) is 56.6 Å². The van der Waals surface area contributed by atoms with Crippen LogP contribution >= 0.6 is 0 Å². The second kappa shape index (κ2) is 12.0. The Bertz CT molecular complexity index is 833. The summed E-state index contributed by atoms with van der Waals surface area (Å²) in [4.78, 5) is 19.2. The standard InChI is InChI=1S/C24H33N5O2/c1-3-25-24(27-18-23(30)28-20-9-5-4-6-10-20)26-17-22(29-15-7-8-16-29)19-11-13-21(31-2)14-12-19/h4-6,9-14,22H,3,7-8,15-18H2,1-2H3,(H,28,30)(H2,25,26,27). The second-order valence-corrected chi connectivity index (χ2v) is 7.52. The number of likely N-dealkylation sites (tertiary alicyclic amines) is 1. The molecule has 2 aromatic rings. The maximum atomic E-state index is 12.3. The quantitative estimate of drug-likeness (QED) is 0.427. The molecule has 0 bridgehead atoms. The molecule has 31 heavy (non-hydrogen) atoms. The van der Waals surface area contributed by atoms with Crippen molar-refractivity contribution in [1.29, 1.82) is 0 Å². The highest BCUT2D eigenvalue weighted by Gasteiger charge is 2.23. The zero-order valence-electron chi connectivity index (χ0n) is 18.4. The van der Waals surface area contributed by atoms with E-state index in [1.807, 2.05) is 49.4 Å². The number of para-hydroxylation sites is 1. The van der Waals surface area contributed by atoms with Crippen molar-refractivity contribution >= 4 is 17.6 Å². The number of guanidine groups is 1. The number of hydrogen-bond acceptors (Lipinski definition) is 4. The first kappa shape index (κ1) is 22.6. The fourth-order valence-corrected chi connectivity index (χ4v) is 3.75. The van der Waals surface area contributed by atoms with Gasteiger partial charge < -0.3 is 20.7 Å². The molecule has 3 N–H and O–H groups in total. The largest absolute Gasteiger partial charge is 0.497 e. The molecule has 3 rings (SSSR count). The Morgan fingerprint density at radius 2 is 1.77 bits per heavy atom. The van der Waals surface area contributed by atoms with Gasteiger partial charge in [0.05, 0.1) is 13.2 Å². The number of ether oxygens (including phenoxy) is 1. The Hall–Kier alpha value is -3.06. The minimum atomic E-state index is -0.144. The van der Waals surface area contributed by atoms with Gasteiger partial charge in [0, 0.05) is 18.8 Å². The van der Waals surface area contributed by atoms with Gasteiger partial charge in [-0.2, -0.15) is 0 Å². The Kier molecular flexibility index (Phi) is 8.72. The molecular formula is C24H33N5O2. The van der Waals surface area contributed by atoms with Crippen molar-refractivity contribution in [2.24, 2.45) is 4.99 Å². The summed E-state index contributed by atoms with van der Waals surface area (Å²) in [6.07, 6.45) is 2.45. The van der Waals surface area contributed by atoms with Crippen molar-refractivity contribution in [2.75, 3.05) is 45.2 Å². The van der Waals surface area contributed by atoms with E-state index < -0.39 is 0 Å². The smallest absolute Gasteiger partial charge is 0.246 e. The normalized spacial score (nSPS) is 15.4. The Labute approximate surface area is 184 Å². The van der Waals surface area contributed by atoms with Gasteiger partial charge in [-0.15, -0.1) is 0 Å². The predicted octanol–water partition coefficient (Wildman–Crippen LogP) is 3.03. The van der Waals surface area contributed by atoms with Crippen molar-refractivity contribution < 1.29 is 9.53 Å². The molecule has 7 heteroatoms. The van der Waals surface area contributed by atoms with Crippen LogP contribution in [-0.2, 0) is 4.79 Å². The number of rotatable bonds is 9. The third-order valence-corrected chi connectivity index (χ3v) is 5.33. The van der Waals surface area contributed by atoms with Gasteiger partial charge in [-0.05, 0) is 62.7 Å². The molecule has 1 heterocycles. The molecular weight excluding hydrogens is 390 g/mol. The Morgan fingerprint density at radius 3 is 2.42 bits per heavy atom. The topological polar surface area (TPSA) is 78.0 Å². The van der Waals surface area contributed by atoms with Crippen LogP contribution in [0.25, 0.3) is 0 Å². The van der Waals surface area contributed by atoms with Crippen LogP contribution in [0, 0.1) is 0 Å². The number of nitrogens with zero attached hydrogens (tertiary/aromatic N) is 2. The number of hydrogen-bond donors (Lipinski definition) is 3. The molecule has 1 atom stereocenters. The van der Waals surface area contributed by atoms with E-state index in [9.17, 15) is 4.79 Å². The van der Waals surface area contributed by atoms with E-state index in [-0.39, 0.29) is 18.5 Å². The number of methoxy groups -OCH3 is 1. The lowest BCUT2D eigenvalue weighted by molar-refractivity contribution is -0.114. The predicted molar refractivity (Wildman–Crippen MR) is 126 cm³/mol. The number of benzene rings is 2. The van der Waals surface area contributed by atoms with Crippen molar-refractivity contribution in [3.63, 3.8) is 0 Å². The fourth-order valence-electron chi connectivity index (χ4n) is 3.75. The highest BCUT2D eigenvalue weighted by atomic mass is 16.5. The SMILES string of the molecule is CCNC(=NCC(=O)Nc1ccccc1)NCC(c1ccc(OC)cc1)N1CCCC1. The molecule has 166 valence electrons. The fraction of sp³-hybridized carbons (Fsp3) is 0.417. The lowest BCUT2D eigenvalue weighted by atomic mass is 10.1. The molecule has 7 nitrogen and oxygen atoms in total. The monoisotopic (exact) mass is 423 g/mol.